The van der Waals surface area contributed by atoms with Crippen molar-refractivity contribution in [3.63, 3.8) is 0 Å². The second-order valence-corrected chi connectivity index (χ2v) is 20.6. The Bertz CT molecular complexity index is 2100. The Hall–Kier alpha value is -4.85. The third kappa shape index (κ3) is 6.45. The summed E-state index contributed by atoms with van der Waals surface area (Å²) in [5.41, 5.74) is 3.57. The summed E-state index contributed by atoms with van der Waals surface area (Å²) in [5.74, 6) is 0.657. The maximum absolute atomic E-state index is 15.5. The Kier molecular flexibility index (Phi) is 9.89. The number of hydrogen-bond acceptors (Lipinski definition) is 8. The summed E-state index contributed by atoms with van der Waals surface area (Å²) in [4.78, 5) is 46.7. The van der Waals surface area contributed by atoms with Crippen molar-refractivity contribution in [1.29, 1.82) is 0 Å². The van der Waals surface area contributed by atoms with Gasteiger partial charge in [-0.15, -0.1) is 5.10 Å². The predicted molar refractivity (Wildman–Crippen MR) is 212 cm³/mol. The lowest BCUT2D eigenvalue weighted by molar-refractivity contribution is -0.146. The fourth-order valence-electron chi connectivity index (χ4n) is 9.68. The van der Waals surface area contributed by atoms with Crippen LogP contribution in [0.5, 0.6) is 5.75 Å². The number of carbonyl (C=O) groups is 3. The van der Waals surface area contributed by atoms with E-state index in [1.165, 1.54) is 5.19 Å². The molecule has 4 aliphatic rings. The van der Waals surface area contributed by atoms with Crippen molar-refractivity contribution < 1.29 is 29.0 Å². The van der Waals surface area contributed by atoms with Crippen LogP contribution >= 0.6 is 0 Å². The van der Waals surface area contributed by atoms with Crippen LogP contribution in [0.1, 0.15) is 55.8 Å². The molecule has 288 valence electrons. The first-order valence-corrected chi connectivity index (χ1v) is 22.6. The molecule has 3 amide bonds. The van der Waals surface area contributed by atoms with E-state index in [0.717, 1.165) is 52.5 Å². The second kappa shape index (κ2) is 14.7. The maximum atomic E-state index is 15.5. The molecule has 0 radical (unpaired) electrons. The molecule has 4 atom stereocenters. The van der Waals surface area contributed by atoms with Crippen LogP contribution in [0.15, 0.2) is 72.9 Å². The number of aromatic nitrogens is 3. The van der Waals surface area contributed by atoms with E-state index < -0.39 is 13.7 Å². The predicted octanol–water partition coefficient (Wildman–Crippen LogP) is 4.93. The number of amides is 3. The first-order chi connectivity index (χ1) is 26.5. The quantitative estimate of drug-likeness (QED) is 0.201. The minimum absolute atomic E-state index is 0.00209. The van der Waals surface area contributed by atoms with Gasteiger partial charge in [-0.3, -0.25) is 19.1 Å². The zero-order valence-electron chi connectivity index (χ0n) is 32.1. The molecule has 13 heteroatoms. The lowest BCUT2D eigenvalue weighted by Gasteiger charge is -2.37. The number of anilines is 3. The molecule has 3 saturated heterocycles. The SMILES string of the molecule is COc1ccc([Si](C)(C)[C@@H]2[C@@H](CCn3cc(CCO)nn3)O[C@]3(C(=O)N(Cc4cccc(N5CCCC5=O)c4)c4ccc(N5CCCC5=O)cc43)[C@H]2C)cc1. The van der Waals surface area contributed by atoms with Crippen LogP contribution in [0.2, 0.25) is 18.6 Å². The molecule has 0 aliphatic carbocycles. The molecule has 55 heavy (non-hydrogen) atoms. The highest BCUT2D eigenvalue weighted by Gasteiger charge is 2.66. The molecule has 1 N–H and O–H groups in total. The molecular weight excluding hydrogens is 713 g/mol. The molecular formula is C42H50N6O6Si. The fraction of sp³-hybridized carbons (Fsp3) is 0.452. The van der Waals surface area contributed by atoms with Crippen molar-refractivity contribution in [1.82, 2.24) is 15.0 Å². The monoisotopic (exact) mass is 762 g/mol. The molecule has 4 aliphatic heterocycles. The van der Waals surface area contributed by atoms with Crippen molar-refractivity contribution in [2.75, 3.05) is 41.5 Å². The zero-order chi connectivity index (χ0) is 38.5. The van der Waals surface area contributed by atoms with Crippen LogP contribution in [0, 0.1) is 5.92 Å². The number of aliphatic hydroxyl groups excluding tert-OH is 1. The molecule has 3 aromatic carbocycles. The minimum Gasteiger partial charge on any atom is -0.497 e. The van der Waals surface area contributed by atoms with E-state index in [2.05, 4.69) is 42.5 Å². The van der Waals surface area contributed by atoms with Gasteiger partial charge in [0, 0.05) is 74.6 Å². The van der Waals surface area contributed by atoms with Gasteiger partial charge in [-0.25, -0.2) is 0 Å². The lowest BCUT2D eigenvalue weighted by atomic mass is 9.82. The fourth-order valence-corrected chi connectivity index (χ4v) is 13.7. The third-order valence-electron chi connectivity index (χ3n) is 12.4. The van der Waals surface area contributed by atoms with E-state index in [-0.39, 0.29) is 41.9 Å². The Morgan fingerprint density at radius 2 is 1.65 bits per heavy atom. The molecule has 1 aromatic heterocycles. The Balaban J connectivity index is 1.21. The zero-order valence-corrected chi connectivity index (χ0v) is 33.1. The Morgan fingerprint density at radius 3 is 2.31 bits per heavy atom. The van der Waals surface area contributed by atoms with Gasteiger partial charge in [-0.1, -0.05) is 54.7 Å². The van der Waals surface area contributed by atoms with Gasteiger partial charge < -0.3 is 29.3 Å². The molecule has 4 aromatic rings. The molecule has 12 nitrogen and oxygen atoms in total. The maximum Gasteiger partial charge on any atom is 0.264 e. The number of aliphatic hydroxyl groups is 1. The third-order valence-corrected chi connectivity index (χ3v) is 16.8. The smallest absolute Gasteiger partial charge is 0.264 e. The average molecular weight is 763 g/mol. The van der Waals surface area contributed by atoms with Crippen molar-refractivity contribution in [2.24, 2.45) is 5.92 Å². The highest BCUT2D eigenvalue weighted by atomic mass is 28.3. The number of benzene rings is 3. The van der Waals surface area contributed by atoms with Crippen molar-refractivity contribution in [2.45, 2.75) is 88.9 Å². The number of rotatable bonds is 12. The molecule has 0 unspecified atom stereocenters. The molecule has 0 bridgehead atoms. The van der Waals surface area contributed by atoms with E-state index in [0.29, 0.717) is 51.9 Å². The van der Waals surface area contributed by atoms with Gasteiger partial charge in [-0.05, 0) is 72.8 Å². The summed E-state index contributed by atoms with van der Waals surface area (Å²) in [6.45, 7) is 9.07. The summed E-state index contributed by atoms with van der Waals surface area (Å²) < 4.78 is 14.7. The van der Waals surface area contributed by atoms with Gasteiger partial charge in [0.1, 0.15) is 5.75 Å². The van der Waals surface area contributed by atoms with Gasteiger partial charge in [0.25, 0.3) is 5.91 Å². The van der Waals surface area contributed by atoms with Crippen LogP contribution in [-0.2, 0) is 44.2 Å². The van der Waals surface area contributed by atoms with Crippen molar-refractivity contribution in [3.8, 4) is 5.75 Å². The van der Waals surface area contributed by atoms with Crippen LogP contribution in [-0.4, -0.2) is 78.8 Å². The first kappa shape index (κ1) is 37.1. The van der Waals surface area contributed by atoms with Crippen molar-refractivity contribution in [3.05, 3.63) is 89.7 Å². The number of hydrogen-bond donors (Lipinski definition) is 1. The van der Waals surface area contributed by atoms with E-state index >= 15 is 4.79 Å². The van der Waals surface area contributed by atoms with E-state index in [1.54, 1.807) is 11.8 Å². The Labute approximate surface area is 323 Å². The normalized spacial score (nSPS) is 23.8. The standard InChI is InChI=1S/C42H50N6O6Si/c1-28-40(55(3,4)34-15-13-33(53-2)14-16-34)37(18-22-45-27-30(19-23-49)43-44-45)54-42(28)35-25-32(47-21-7-11-39(47)51)12-17-36(35)48(41(42)52)26-29-8-5-9-31(24-29)46-20-6-10-38(46)50/h5,8-9,12-17,24-25,27-28,37,40,49H,6-7,10-11,18-23,26H2,1-4H3/t28-,37+,40-,42+/m0/s1. The number of nitrogens with zero attached hydrogens (tertiary/aromatic N) is 6. The van der Waals surface area contributed by atoms with Gasteiger partial charge in [0.2, 0.25) is 11.8 Å². The topological polar surface area (TPSA) is 130 Å². The molecule has 3 fully saturated rings. The minimum atomic E-state index is -2.41. The van der Waals surface area contributed by atoms with Gasteiger partial charge in [0.15, 0.2) is 5.60 Å². The molecule has 5 heterocycles. The van der Waals surface area contributed by atoms with E-state index in [1.807, 2.05) is 75.5 Å². The van der Waals surface area contributed by atoms with E-state index in [9.17, 15) is 14.7 Å². The summed E-state index contributed by atoms with van der Waals surface area (Å²) >= 11 is 0. The van der Waals surface area contributed by atoms with E-state index in [4.69, 9.17) is 9.47 Å². The summed E-state index contributed by atoms with van der Waals surface area (Å²) in [6, 6.07) is 22.2. The summed E-state index contributed by atoms with van der Waals surface area (Å²) in [6.07, 6.45) is 5.27. The highest BCUT2D eigenvalue weighted by molar-refractivity contribution is 6.91. The number of ether oxygens (including phenoxy) is 2. The second-order valence-electron chi connectivity index (χ2n) is 16.0. The molecule has 1 spiro atoms. The number of methoxy groups -OCH3 is 1. The van der Waals surface area contributed by atoms with Crippen molar-refractivity contribution >= 4 is 48.0 Å². The van der Waals surface area contributed by atoms with Crippen LogP contribution in [0.25, 0.3) is 0 Å². The molecule has 0 saturated carbocycles. The van der Waals surface area contributed by atoms with Gasteiger partial charge in [-0.2, -0.15) is 0 Å². The number of aryl methyl sites for hydroxylation is 1. The summed E-state index contributed by atoms with van der Waals surface area (Å²) in [7, 11) is -0.737. The van der Waals surface area contributed by atoms with Crippen LogP contribution in [0.3, 0.4) is 0 Å². The first-order valence-electron chi connectivity index (χ1n) is 19.5. The average Bonchev–Trinajstić information content (AvgIpc) is 4.02. The highest BCUT2D eigenvalue weighted by Crippen LogP contribution is 2.60. The van der Waals surface area contributed by atoms with Crippen LogP contribution in [0.4, 0.5) is 17.1 Å². The summed E-state index contributed by atoms with van der Waals surface area (Å²) in [5, 5.41) is 19.3. The lowest BCUT2D eigenvalue weighted by Crippen LogP contribution is -2.51. The van der Waals surface area contributed by atoms with Gasteiger partial charge >= 0.3 is 0 Å². The largest absolute Gasteiger partial charge is 0.497 e. The number of carbonyl (C=O) groups excluding carboxylic acids is 3. The van der Waals surface area contributed by atoms with Crippen LogP contribution < -0.4 is 24.6 Å². The number of fused-ring (bicyclic) bond motifs is 2. The van der Waals surface area contributed by atoms with Gasteiger partial charge in [0.05, 0.1) is 39.2 Å². The Morgan fingerprint density at radius 1 is 0.945 bits per heavy atom. The molecule has 8 rings (SSSR count).